The first-order valence-corrected chi connectivity index (χ1v) is 5.49. The molecule has 2 rings (SSSR count). The van der Waals surface area contributed by atoms with E-state index in [0.717, 1.165) is 35.1 Å². The van der Waals surface area contributed by atoms with Gasteiger partial charge in [-0.2, -0.15) is 5.10 Å². The summed E-state index contributed by atoms with van der Waals surface area (Å²) in [5.74, 6) is 0. The van der Waals surface area contributed by atoms with Crippen molar-refractivity contribution in [2.45, 2.75) is 24.8 Å². The average Bonchev–Trinajstić information content (AvgIpc) is 2.44. The van der Waals surface area contributed by atoms with Gasteiger partial charge in [0.05, 0.1) is 17.8 Å². The molecule has 1 aromatic heterocycles. The van der Waals surface area contributed by atoms with Crippen LogP contribution >= 0.6 is 15.9 Å². The number of rotatable bonds is 1. The van der Waals surface area contributed by atoms with Gasteiger partial charge < -0.3 is 10.8 Å². The predicted molar refractivity (Wildman–Crippen MR) is 56.8 cm³/mol. The Morgan fingerprint density at radius 2 is 2.43 bits per heavy atom. The van der Waals surface area contributed by atoms with Crippen LogP contribution in [0.1, 0.15) is 24.1 Å². The Kier molecular flexibility index (Phi) is 2.41. The van der Waals surface area contributed by atoms with Crippen molar-refractivity contribution in [1.82, 2.24) is 9.78 Å². The lowest BCUT2D eigenvalue weighted by atomic mass is 9.81. The molecule has 78 valence electrons. The maximum atomic E-state index is 9.35. The Morgan fingerprint density at radius 3 is 3.07 bits per heavy atom. The van der Waals surface area contributed by atoms with E-state index in [1.54, 1.807) is 4.68 Å². The molecule has 1 unspecified atom stereocenters. The van der Waals surface area contributed by atoms with E-state index in [0.29, 0.717) is 0 Å². The molecule has 0 radical (unpaired) electrons. The predicted octanol–water partition coefficient (Wildman–Crippen LogP) is 0.665. The fourth-order valence-corrected chi connectivity index (χ4v) is 2.78. The molecule has 5 heteroatoms. The Labute approximate surface area is 91.2 Å². The lowest BCUT2D eigenvalue weighted by Gasteiger charge is -2.31. The number of nitrogens with zero attached hydrogens (tertiary/aromatic N) is 2. The molecule has 0 spiro atoms. The molecule has 0 fully saturated rings. The highest BCUT2D eigenvalue weighted by Gasteiger charge is 2.36. The van der Waals surface area contributed by atoms with Gasteiger partial charge in [0.15, 0.2) is 0 Å². The quantitative estimate of drug-likeness (QED) is 0.779. The fraction of sp³-hybridized carbons (Fsp3) is 0.667. The van der Waals surface area contributed by atoms with Crippen molar-refractivity contribution in [3.8, 4) is 0 Å². The van der Waals surface area contributed by atoms with Crippen molar-refractivity contribution in [2.75, 3.05) is 6.61 Å². The Bertz CT molecular complexity index is 363. The summed E-state index contributed by atoms with van der Waals surface area (Å²) in [4.78, 5) is 0. The van der Waals surface area contributed by atoms with Gasteiger partial charge in [-0.25, -0.2) is 0 Å². The smallest absolute Gasteiger partial charge is 0.109 e. The number of nitrogens with two attached hydrogens (primary N) is 1. The van der Waals surface area contributed by atoms with Gasteiger partial charge in [-0.05, 0) is 35.2 Å². The largest absolute Gasteiger partial charge is 0.394 e. The van der Waals surface area contributed by atoms with Gasteiger partial charge in [0, 0.05) is 12.6 Å². The molecule has 0 aliphatic heterocycles. The van der Waals surface area contributed by atoms with E-state index in [-0.39, 0.29) is 6.61 Å². The molecule has 0 amide bonds. The molecule has 0 bridgehead atoms. The number of aryl methyl sites for hydroxylation is 2. The molecule has 1 aliphatic carbocycles. The van der Waals surface area contributed by atoms with Crippen LogP contribution < -0.4 is 5.73 Å². The van der Waals surface area contributed by atoms with E-state index in [9.17, 15) is 5.11 Å². The van der Waals surface area contributed by atoms with Crippen molar-refractivity contribution in [3.63, 3.8) is 0 Å². The molecule has 4 nitrogen and oxygen atoms in total. The van der Waals surface area contributed by atoms with Crippen molar-refractivity contribution < 1.29 is 5.11 Å². The highest BCUT2D eigenvalue weighted by molar-refractivity contribution is 9.10. The Morgan fingerprint density at radius 1 is 1.71 bits per heavy atom. The molecule has 0 aromatic carbocycles. The van der Waals surface area contributed by atoms with Crippen LogP contribution in [0.3, 0.4) is 0 Å². The second-order valence-corrected chi connectivity index (χ2v) is 4.66. The van der Waals surface area contributed by atoms with Gasteiger partial charge in [0.25, 0.3) is 0 Å². The third kappa shape index (κ3) is 1.31. The summed E-state index contributed by atoms with van der Waals surface area (Å²) in [5.41, 5.74) is 7.54. The number of hydrogen-bond acceptors (Lipinski definition) is 3. The van der Waals surface area contributed by atoms with Crippen molar-refractivity contribution in [1.29, 1.82) is 0 Å². The standard InChI is InChI=1S/C9H14BrN3O/c1-13-8(10)7-6(12-13)3-2-4-9(7,11)5-14/h14H,2-5,11H2,1H3. The van der Waals surface area contributed by atoms with Crippen molar-refractivity contribution in [2.24, 2.45) is 12.8 Å². The first-order valence-electron chi connectivity index (χ1n) is 4.70. The molecule has 1 atom stereocenters. The summed E-state index contributed by atoms with van der Waals surface area (Å²) < 4.78 is 2.66. The summed E-state index contributed by atoms with van der Waals surface area (Å²) in [6, 6.07) is 0. The molecule has 0 saturated carbocycles. The van der Waals surface area contributed by atoms with Crippen LogP contribution in [0.25, 0.3) is 0 Å². The summed E-state index contributed by atoms with van der Waals surface area (Å²) in [6.45, 7) is -0.0235. The maximum Gasteiger partial charge on any atom is 0.109 e. The summed E-state index contributed by atoms with van der Waals surface area (Å²) in [6.07, 6.45) is 2.77. The van der Waals surface area contributed by atoms with Crippen LogP contribution in [-0.2, 0) is 19.0 Å². The minimum Gasteiger partial charge on any atom is -0.394 e. The third-order valence-electron chi connectivity index (χ3n) is 2.87. The summed E-state index contributed by atoms with van der Waals surface area (Å²) in [5, 5.41) is 13.7. The van der Waals surface area contributed by atoms with Crippen LogP contribution in [-0.4, -0.2) is 21.5 Å². The molecule has 14 heavy (non-hydrogen) atoms. The summed E-state index contributed by atoms with van der Waals surface area (Å²) >= 11 is 3.46. The SMILES string of the molecule is Cn1nc2c(c1Br)C(N)(CO)CCC2. The molecule has 0 saturated heterocycles. The van der Waals surface area contributed by atoms with Crippen LogP contribution in [0.4, 0.5) is 0 Å². The first kappa shape index (κ1) is 10.1. The van der Waals surface area contributed by atoms with Crippen LogP contribution in [0.2, 0.25) is 0 Å². The zero-order chi connectivity index (χ0) is 10.3. The Balaban J connectivity index is 2.58. The number of fused-ring (bicyclic) bond motifs is 1. The Hall–Kier alpha value is -0.390. The number of hydrogen-bond donors (Lipinski definition) is 2. The minimum atomic E-state index is -0.610. The van der Waals surface area contributed by atoms with Gasteiger partial charge in [-0.15, -0.1) is 0 Å². The zero-order valence-electron chi connectivity index (χ0n) is 8.13. The van der Waals surface area contributed by atoms with Crippen LogP contribution in [0.5, 0.6) is 0 Å². The van der Waals surface area contributed by atoms with Gasteiger partial charge in [0.2, 0.25) is 0 Å². The zero-order valence-corrected chi connectivity index (χ0v) is 9.71. The van der Waals surface area contributed by atoms with E-state index >= 15 is 0 Å². The number of halogens is 1. The number of aromatic nitrogens is 2. The highest BCUT2D eigenvalue weighted by Crippen LogP contribution is 2.37. The lowest BCUT2D eigenvalue weighted by molar-refractivity contribution is 0.178. The topological polar surface area (TPSA) is 64.1 Å². The summed E-state index contributed by atoms with van der Waals surface area (Å²) in [7, 11) is 1.88. The van der Waals surface area contributed by atoms with Gasteiger partial charge in [0.1, 0.15) is 4.60 Å². The molecule has 1 aromatic rings. The fourth-order valence-electron chi connectivity index (χ4n) is 2.08. The lowest BCUT2D eigenvalue weighted by Crippen LogP contribution is -2.43. The van der Waals surface area contributed by atoms with E-state index in [2.05, 4.69) is 21.0 Å². The van der Waals surface area contributed by atoms with Gasteiger partial charge >= 0.3 is 0 Å². The first-order chi connectivity index (χ1) is 6.58. The second-order valence-electron chi connectivity index (χ2n) is 3.90. The van der Waals surface area contributed by atoms with Crippen LogP contribution in [0, 0.1) is 0 Å². The average molecular weight is 260 g/mol. The van der Waals surface area contributed by atoms with E-state index in [1.807, 2.05) is 7.05 Å². The van der Waals surface area contributed by atoms with Crippen LogP contribution in [0.15, 0.2) is 4.60 Å². The molecular formula is C9H14BrN3O. The monoisotopic (exact) mass is 259 g/mol. The van der Waals surface area contributed by atoms with Crippen molar-refractivity contribution >= 4 is 15.9 Å². The van der Waals surface area contributed by atoms with E-state index < -0.39 is 5.54 Å². The maximum absolute atomic E-state index is 9.35. The van der Waals surface area contributed by atoms with E-state index in [4.69, 9.17) is 5.73 Å². The van der Waals surface area contributed by atoms with Gasteiger partial charge in [-0.1, -0.05) is 0 Å². The third-order valence-corrected chi connectivity index (χ3v) is 3.78. The normalized spacial score (nSPS) is 26.3. The van der Waals surface area contributed by atoms with Crippen molar-refractivity contribution in [3.05, 3.63) is 15.9 Å². The highest BCUT2D eigenvalue weighted by atomic mass is 79.9. The molecule has 3 N–H and O–H groups in total. The number of aliphatic hydroxyl groups excluding tert-OH is 1. The number of aliphatic hydroxyl groups is 1. The second kappa shape index (κ2) is 3.32. The molecule has 1 aliphatic rings. The van der Waals surface area contributed by atoms with Gasteiger partial charge in [-0.3, -0.25) is 4.68 Å². The molecular weight excluding hydrogens is 246 g/mol. The minimum absolute atomic E-state index is 0.0235. The molecule has 1 heterocycles. The van der Waals surface area contributed by atoms with E-state index in [1.165, 1.54) is 0 Å².